The van der Waals surface area contributed by atoms with Gasteiger partial charge in [0, 0.05) is 6.07 Å². The fourth-order valence-corrected chi connectivity index (χ4v) is 0.896. The maximum atomic E-state index is 10.9. The van der Waals surface area contributed by atoms with E-state index in [4.69, 9.17) is 11.6 Å². The molecule has 0 aliphatic rings. The average molecular weight is 186 g/mol. The number of halogens is 1. The maximum absolute atomic E-state index is 10.9. The molecule has 1 aromatic heterocycles. The summed E-state index contributed by atoms with van der Waals surface area (Å²) in [7, 11) is 1.85. The van der Waals surface area contributed by atoms with Gasteiger partial charge in [0.15, 0.2) is 0 Å². The first-order chi connectivity index (χ1) is 5.74. The Balaban J connectivity index is 2.75. The number of carbonyl (C=O) groups excluding carboxylic acids is 1. The average Bonchev–Trinajstić information content (AvgIpc) is 2.09. The molecule has 1 heterocycles. The Labute approximate surface area is 76.0 Å². The summed E-state index contributed by atoms with van der Waals surface area (Å²) in [4.78, 5) is 10.9. The highest BCUT2D eigenvalue weighted by Gasteiger charge is 2.08. The summed E-state index contributed by atoms with van der Waals surface area (Å²) >= 11 is 5.33. The zero-order chi connectivity index (χ0) is 8.97. The minimum Gasteiger partial charge on any atom is -0.246 e. The number of nitrogens with zero attached hydrogens (tertiary/aromatic N) is 1. The molecule has 1 amide bonds. The van der Waals surface area contributed by atoms with Gasteiger partial charge in [-0.15, -0.1) is 11.6 Å². The van der Waals surface area contributed by atoms with Crippen LogP contribution < -0.4 is 9.88 Å². The van der Waals surface area contributed by atoms with Crippen LogP contribution in [0.2, 0.25) is 0 Å². The van der Waals surface area contributed by atoms with Crippen LogP contribution >= 0.6 is 11.6 Å². The van der Waals surface area contributed by atoms with Crippen molar-refractivity contribution in [3.05, 3.63) is 24.4 Å². The van der Waals surface area contributed by atoms with Crippen molar-refractivity contribution in [3.63, 3.8) is 0 Å². The van der Waals surface area contributed by atoms with Gasteiger partial charge in [0.2, 0.25) is 0 Å². The highest BCUT2D eigenvalue weighted by atomic mass is 35.5. The Morgan fingerprint density at radius 2 is 2.42 bits per heavy atom. The van der Waals surface area contributed by atoms with Gasteiger partial charge < -0.3 is 0 Å². The Hall–Kier alpha value is -1.09. The topological polar surface area (TPSA) is 33.0 Å². The lowest BCUT2D eigenvalue weighted by atomic mass is 10.4. The second-order valence-electron chi connectivity index (χ2n) is 2.38. The molecule has 0 saturated carbocycles. The number of amides is 1. The van der Waals surface area contributed by atoms with E-state index in [2.05, 4.69) is 5.32 Å². The second-order valence-corrected chi connectivity index (χ2v) is 2.65. The molecule has 0 aliphatic heterocycles. The Bertz CT molecular complexity index is 288. The normalized spacial score (nSPS) is 9.50. The summed E-state index contributed by atoms with van der Waals surface area (Å²) < 4.78 is 1.81. The zero-order valence-corrected chi connectivity index (χ0v) is 7.51. The van der Waals surface area contributed by atoms with E-state index in [0.717, 1.165) is 5.82 Å². The van der Waals surface area contributed by atoms with Gasteiger partial charge in [0.1, 0.15) is 5.88 Å². The fraction of sp³-hybridized carbons (Fsp3) is 0.250. The standard InChI is InChI=1S/C8H9ClN2O/c1-11-5-3-2-4-7(11)10-8(12)6-9/h2-5H,6H2,1H3/p+1. The van der Waals surface area contributed by atoms with Crippen LogP contribution in [0.3, 0.4) is 0 Å². The van der Waals surface area contributed by atoms with Crippen LogP contribution in [-0.4, -0.2) is 11.8 Å². The molecule has 1 aromatic rings. The fourth-order valence-electron chi connectivity index (χ4n) is 0.829. The van der Waals surface area contributed by atoms with E-state index in [9.17, 15) is 4.79 Å². The van der Waals surface area contributed by atoms with Crippen LogP contribution in [0.1, 0.15) is 0 Å². The molecule has 0 aliphatic carbocycles. The van der Waals surface area contributed by atoms with Gasteiger partial charge >= 0.3 is 5.91 Å². The predicted octanol–water partition coefficient (Wildman–Crippen LogP) is 0.688. The van der Waals surface area contributed by atoms with Gasteiger partial charge in [-0.05, 0) is 6.07 Å². The molecule has 4 heteroatoms. The van der Waals surface area contributed by atoms with Crippen LogP contribution in [0.5, 0.6) is 0 Å². The first-order valence-corrected chi connectivity index (χ1v) is 4.08. The Morgan fingerprint density at radius 1 is 1.67 bits per heavy atom. The van der Waals surface area contributed by atoms with E-state index < -0.39 is 0 Å². The number of aromatic nitrogens is 1. The lowest BCUT2D eigenvalue weighted by Gasteiger charge is -1.98. The van der Waals surface area contributed by atoms with Gasteiger partial charge in [-0.1, -0.05) is 6.07 Å². The maximum Gasteiger partial charge on any atom is 0.322 e. The summed E-state index contributed by atoms with van der Waals surface area (Å²) in [5.74, 6) is 0.524. The van der Waals surface area contributed by atoms with Crippen molar-refractivity contribution in [1.29, 1.82) is 0 Å². The quantitative estimate of drug-likeness (QED) is 0.534. The van der Waals surface area contributed by atoms with Crippen molar-refractivity contribution < 1.29 is 9.36 Å². The summed E-state index contributed by atoms with van der Waals surface area (Å²) in [5, 5.41) is 2.65. The highest BCUT2D eigenvalue weighted by molar-refractivity contribution is 6.28. The molecule has 3 nitrogen and oxygen atoms in total. The number of aryl methyl sites for hydroxylation is 1. The highest BCUT2D eigenvalue weighted by Crippen LogP contribution is 1.96. The summed E-state index contributed by atoms with van der Waals surface area (Å²) in [5.41, 5.74) is 0. The van der Waals surface area contributed by atoms with Gasteiger partial charge in [-0.3, -0.25) is 0 Å². The number of pyridine rings is 1. The largest absolute Gasteiger partial charge is 0.322 e. The van der Waals surface area contributed by atoms with Crippen molar-refractivity contribution in [3.8, 4) is 0 Å². The van der Waals surface area contributed by atoms with Gasteiger partial charge in [0.05, 0.1) is 13.2 Å². The van der Waals surface area contributed by atoms with Crippen molar-refractivity contribution in [2.45, 2.75) is 0 Å². The number of alkyl halides is 1. The van der Waals surface area contributed by atoms with Crippen molar-refractivity contribution >= 4 is 23.3 Å². The van der Waals surface area contributed by atoms with Crippen LogP contribution in [-0.2, 0) is 11.8 Å². The molecule has 1 rings (SSSR count). The third-order valence-electron chi connectivity index (χ3n) is 1.44. The van der Waals surface area contributed by atoms with Gasteiger partial charge in [-0.2, -0.15) is 0 Å². The Morgan fingerprint density at radius 3 is 3.00 bits per heavy atom. The SMILES string of the molecule is C[n+]1ccccc1NC(=O)CCl. The number of rotatable bonds is 2. The number of nitrogens with one attached hydrogen (secondary N) is 1. The number of carbonyl (C=O) groups is 1. The zero-order valence-electron chi connectivity index (χ0n) is 6.75. The molecule has 0 fully saturated rings. The summed E-state index contributed by atoms with van der Waals surface area (Å²) in [6.45, 7) is 0. The number of anilines is 1. The second kappa shape index (κ2) is 4.07. The van der Waals surface area contributed by atoms with Crippen molar-refractivity contribution in [2.75, 3.05) is 11.2 Å². The third-order valence-corrected chi connectivity index (χ3v) is 1.69. The molecule has 64 valence electrons. The van der Waals surface area contributed by atoms with Crippen LogP contribution in [0.15, 0.2) is 24.4 Å². The van der Waals surface area contributed by atoms with Crippen LogP contribution in [0.25, 0.3) is 0 Å². The van der Waals surface area contributed by atoms with Crippen LogP contribution in [0, 0.1) is 0 Å². The molecule has 0 atom stereocenters. The van der Waals surface area contributed by atoms with E-state index in [1.54, 1.807) is 0 Å². The van der Waals surface area contributed by atoms with Gasteiger partial charge in [-0.25, -0.2) is 14.7 Å². The van der Waals surface area contributed by atoms with E-state index in [1.807, 2.05) is 36.0 Å². The summed E-state index contributed by atoms with van der Waals surface area (Å²) in [6.07, 6.45) is 1.85. The minimum atomic E-state index is -0.196. The molecule has 0 saturated heterocycles. The van der Waals surface area contributed by atoms with Gasteiger partial charge in [0.25, 0.3) is 5.82 Å². The van der Waals surface area contributed by atoms with Crippen LogP contribution in [0.4, 0.5) is 5.82 Å². The Kier molecular flexibility index (Phi) is 3.05. The lowest BCUT2D eigenvalue weighted by Crippen LogP contribution is -2.33. The molecule has 0 aromatic carbocycles. The molecule has 0 unspecified atom stereocenters. The minimum absolute atomic E-state index is 0.0190. The third kappa shape index (κ3) is 2.20. The van der Waals surface area contributed by atoms with E-state index in [1.165, 1.54) is 0 Å². The predicted molar refractivity (Wildman–Crippen MR) is 47.0 cm³/mol. The first-order valence-electron chi connectivity index (χ1n) is 3.54. The smallest absolute Gasteiger partial charge is 0.246 e. The van der Waals surface area contributed by atoms with E-state index in [-0.39, 0.29) is 11.8 Å². The van der Waals surface area contributed by atoms with E-state index in [0.29, 0.717) is 0 Å². The number of hydrogen-bond acceptors (Lipinski definition) is 1. The number of hydrogen-bond donors (Lipinski definition) is 1. The first kappa shape index (κ1) is 9.00. The monoisotopic (exact) mass is 185 g/mol. The molecular weight excluding hydrogens is 176 g/mol. The molecule has 0 spiro atoms. The van der Waals surface area contributed by atoms with Crippen molar-refractivity contribution in [2.24, 2.45) is 7.05 Å². The summed E-state index contributed by atoms with van der Waals surface area (Å²) in [6, 6.07) is 5.55. The lowest BCUT2D eigenvalue weighted by molar-refractivity contribution is -0.657. The van der Waals surface area contributed by atoms with Crippen molar-refractivity contribution in [1.82, 2.24) is 0 Å². The molecule has 0 bridgehead atoms. The molecular formula is C8H10ClN2O+. The van der Waals surface area contributed by atoms with E-state index >= 15 is 0 Å². The molecule has 1 N–H and O–H groups in total. The molecule has 12 heavy (non-hydrogen) atoms. The molecule has 0 radical (unpaired) electrons.